The molecule has 0 saturated carbocycles. The molecule has 0 bridgehead atoms. The van der Waals surface area contributed by atoms with Crippen LogP contribution in [0.15, 0.2) is 146 Å². The van der Waals surface area contributed by atoms with Gasteiger partial charge in [0.15, 0.2) is 0 Å². The number of hydrogen-bond donors (Lipinski definition) is 0. The Morgan fingerprint density at radius 1 is 0.493 bits per heavy atom. The summed E-state index contributed by atoms with van der Waals surface area (Å²) in [4.78, 5) is 9.63. The highest BCUT2D eigenvalue weighted by Crippen LogP contribution is 2.41. The predicted octanol–water partition coefficient (Wildman–Crippen LogP) is 16.9. The van der Waals surface area contributed by atoms with Crippen molar-refractivity contribution in [2.24, 2.45) is 0 Å². The number of fused-ring (bicyclic) bond motifs is 3. The van der Waals surface area contributed by atoms with Gasteiger partial charge in [-0.25, -0.2) is 4.98 Å². The summed E-state index contributed by atoms with van der Waals surface area (Å²) in [6.45, 7) is 27.1. The van der Waals surface area contributed by atoms with E-state index in [9.17, 15) is 0 Å². The SMILES string of the molecule is [2H]C([2H])([2H])c1cc(C(C)(C)C)cc(C)c1-c1ccnc(-n2c3ccc(-c4ccccc4)cc3c3ccc(Oc4cc(N5C=CN(c6cc(C(C)(C)C)cc(C(C)(C)C)c6)C5)cc(C(C)(C)C)c4)cc32)c1. The van der Waals surface area contributed by atoms with E-state index in [1.807, 2.05) is 31.2 Å². The van der Waals surface area contributed by atoms with E-state index in [1.165, 1.54) is 22.4 Å². The van der Waals surface area contributed by atoms with Crippen molar-refractivity contribution < 1.29 is 8.85 Å². The summed E-state index contributed by atoms with van der Waals surface area (Å²) in [6.07, 6.45) is 6.15. The topological polar surface area (TPSA) is 33.5 Å². The van der Waals surface area contributed by atoms with E-state index in [2.05, 4.69) is 213 Å². The van der Waals surface area contributed by atoms with Gasteiger partial charge in [-0.2, -0.15) is 0 Å². The van der Waals surface area contributed by atoms with Crippen molar-refractivity contribution in [2.75, 3.05) is 16.5 Å². The summed E-state index contributed by atoms with van der Waals surface area (Å²) in [5.41, 5.74) is 13.7. The molecule has 0 saturated heterocycles. The van der Waals surface area contributed by atoms with Gasteiger partial charge in [-0.1, -0.05) is 138 Å². The molecular formula is C62H68N4O. The summed E-state index contributed by atoms with van der Waals surface area (Å²) >= 11 is 0. The van der Waals surface area contributed by atoms with Crippen LogP contribution in [0, 0.1) is 13.8 Å². The first-order chi connectivity index (χ1) is 32.7. The molecule has 342 valence electrons. The quantitative estimate of drug-likeness (QED) is 0.160. The number of nitrogens with zero attached hydrogens (tertiary/aromatic N) is 4. The van der Waals surface area contributed by atoms with Gasteiger partial charge in [0.2, 0.25) is 0 Å². The summed E-state index contributed by atoms with van der Waals surface area (Å²) in [5, 5.41) is 2.13. The van der Waals surface area contributed by atoms with E-state index in [-0.39, 0.29) is 21.7 Å². The molecule has 67 heavy (non-hydrogen) atoms. The number of pyridine rings is 1. The average Bonchev–Trinajstić information content (AvgIpc) is 3.91. The summed E-state index contributed by atoms with van der Waals surface area (Å²) in [6, 6.07) is 44.9. The van der Waals surface area contributed by atoms with Gasteiger partial charge in [-0.3, -0.25) is 4.57 Å². The number of hydrogen-bond acceptors (Lipinski definition) is 4. The Morgan fingerprint density at radius 2 is 1.09 bits per heavy atom. The van der Waals surface area contributed by atoms with Gasteiger partial charge in [0.25, 0.3) is 0 Å². The lowest BCUT2D eigenvalue weighted by Crippen LogP contribution is -2.26. The molecule has 0 aliphatic carbocycles. The third-order valence-corrected chi connectivity index (χ3v) is 13.3. The van der Waals surface area contributed by atoms with Crippen LogP contribution in [0.3, 0.4) is 0 Å². The van der Waals surface area contributed by atoms with Crippen LogP contribution in [-0.2, 0) is 21.7 Å². The molecule has 6 aromatic carbocycles. The van der Waals surface area contributed by atoms with Gasteiger partial charge in [-0.05, 0) is 152 Å². The van der Waals surface area contributed by atoms with Crippen molar-refractivity contribution in [3.05, 3.63) is 179 Å². The normalized spacial score (nSPS) is 14.5. The Morgan fingerprint density at radius 3 is 1.72 bits per heavy atom. The smallest absolute Gasteiger partial charge is 0.138 e. The van der Waals surface area contributed by atoms with Crippen molar-refractivity contribution in [1.29, 1.82) is 0 Å². The lowest BCUT2D eigenvalue weighted by atomic mass is 9.80. The van der Waals surface area contributed by atoms with Crippen LogP contribution in [0.4, 0.5) is 11.4 Å². The molecule has 2 aromatic heterocycles. The zero-order valence-corrected chi connectivity index (χ0v) is 41.8. The van der Waals surface area contributed by atoms with E-state index in [0.29, 0.717) is 29.4 Å². The second-order valence-corrected chi connectivity index (χ2v) is 22.7. The predicted molar refractivity (Wildman–Crippen MR) is 286 cm³/mol. The first kappa shape index (κ1) is 41.8. The lowest BCUT2D eigenvalue weighted by molar-refractivity contribution is 0.479. The molecule has 0 radical (unpaired) electrons. The molecule has 0 unspecified atom stereocenters. The Labute approximate surface area is 404 Å². The average molecular weight is 888 g/mol. The Hall–Kier alpha value is -6.59. The first-order valence-corrected chi connectivity index (χ1v) is 23.7. The molecule has 3 heterocycles. The molecule has 0 atom stereocenters. The molecule has 8 aromatic rings. The summed E-state index contributed by atoms with van der Waals surface area (Å²) in [7, 11) is 0. The van der Waals surface area contributed by atoms with Crippen LogP contribution in [0.25, 0.3) is 49.9 Å². The Balaban J connectivity index is 1.14. The Kier molecular flexibility index (Phi) is 10.4. The maximum atomic E-state index is 8.67. The fourth-order valence-electron chi connectivity index (χ4n) is 9.20. The highest BCUT2D eigenvalue weighted by molar-refractivity contribution is 6.10. The number of rotatable bonds is 7. The molecule has 0 spiro atoms. The Bertz CT molecular complexity index is 3280. The van der Waals surface area contributed by atoms with Gasteiger partial charge in [0.05, 0.1) is 17.7 Å². The molecule has 5 nitrogen and oxygen atoms in total. The van der Waals surface area contributed by atoms with Crippen molar-refractivity contribution in [3.63, 3.8) is 0 Å². The van der Waals surface area contributed by atoms with Crippen LogP contribution in [-0.4, -0.2) is 16.2 Å². The molecule has 1 aliphatic rings. The minimum atomic E-state index is -2.32. The van der Waals surface area contributed by atoms with Crippen LogP contribution in [0.1, 0.15) is 121 Å². The molecule has 0 fully saturated rings. The van der Waals surface area contributed by atoms with E-state index in [0.717, 1.165) is 61.1 Å². The maximum absolute atomic E-state index is 8.67. The highest BCUT2D eigenvalue weighted by Gasteiger charge is 2.26. The molecule has 1 aliphatic heterocycles. The zero-order chi connectivity index (χ0) is 50.3. The number of benzene rings is 6. The third kappa shape index (κ3) is 9.13. The van der Waals surface area contributed by atoms with Crippen molar-refractivity contribution in [2.45, 2.75) is 119 Å². The maximum Gasteiger partial charge on any atom is 0.138 e. The standard InChI is InChI=1S/C62H68N4O/c1-40-28-45(59(3,4)5)29-41(2)58(40)44-24-25-63-57(31-44)66-55-23-20-43(42-18-16-15-17-19-42)30-54(55)53-22-21-51(38-56(53)66)67-52-36-48(62(12,13)14)35-50(37-52)65-27-26-64(39-65)49-33-46(60(6,7)8)32-47(34-49)61(9,10)11/h15-38H,39H2,1-14H3/i1D3. The monoisotopic (exact) mass is 888 g/mol. The second-order valence-electron chi connectivity index (χ2n) is 22.7. The number of aromatic nitrogens is 2. The fraction of sp³-hybridized carbons (Fsp3) is 0.306. The summed E-state index contributed by atoms with van der Waals surface area (Å²) in [5.74, 6) is 2.13. The fourth-order valence-corrected chi connectivity index (χ4v) is 9.20. The lowest BCUT2D eigenvalue weighted by Gasteiger charge is -2.29. The third-order valence-electron chi connectivity index (χ3n) is 13.3. The molecule has 0 N–H and O–H groups in total. The van der Waals surface area contributed by atoms with Crippen molar-refractivity contribution in [3.8, 4) is 39.6 Å². The first-order valence-electron chi connectivity index (χ1n) is 25.2. The van der Waals surface area contributed by atoms with Crippen LogP contribution in [0.2, 0.25) is 0 Å². The molecular weight excluding hydrogens is 817 g/mol. The highest BCUT2D eigenvalue weighted by atomic mass is 16.5. The van der Waals surface area contributed by atoms with E-state index in [1.54, 1.807) is 6.20 Å². The van der Waals surface area contributed by atoms with Gasteiger partial charge in [0.1, 0.15) is 17.3 Å². The van der Waals surface area contributed by atoms with Crippen LogP contribution in [0.5, 0.6) is 11.5 Å². The number of ether oxygens (including phenoxy) is 1. The second kappa shape index (κ2) is 16.6. The summed E-state index contributed by atoms with van der Waals surface area (Å²) < 4.78 is 35.2. The minimum absolute atomic E-state index is 0.0128. The largest absolute Gasteiger partial charge is 0.457 e. The molecule has 9 rings (SSSR count). The van der Waals surface area contributed by atoms with E-state index in [4.69, 9.17) is 13.8 Å². The van der Waals surface area contributed by atoms with Crippen molar-refractivity contribution >= 4 is 33.2 Å². The van der Waals surface area contributed by atoms with E-state index >= 15 is 0 Å². The molecule has 0 amide bonds. The number of anilines is 2. The van der Waals surface area contributed by atoms with Gasteiger partial charge < -0.3 is 14.5 Å². The van der Waals surface area contributed by atoms with Gasteiger partial charge in [0, 0.05) is 57.0 Å². The minimum Gasteiger partial charge on any atom is -0.457 e. The van der Waals surface area contributed by atoms with Crippen LogP contribution < -0.4 is 14.5 Å². The number of aryl methyl sites for hydroxylation is 2. The van der Waals surface area contributed by atoms with Gasteiger partial charge in [-0.15, -0.1) is 0 Å². The van der Waals surface area contributed by atoms with Gasteiger partial charge >= 0.3 is 0 Å². The zero-order valence-electron chi connectivity index (χ0n) is 44.8. The van der Waals surface area contributed by atoms with E-state index < -0.39 is 6.85 Å². The molecule has 5 heteroatoms. The van der Waals surface area contributed by atoms with Crippen molar-refractivity contribution in [1.82, 2.24) is 9.55 Å². The van der Waals surface area contributed by atoms with Crippen LogP contribution >= 0.6 is 0 Å².